The van der Waals surface area contributed by atoms with Gasteiger partial charge in [0.2, 0.25) is 0 Å². The molecule has 0 saturated heterocycles. The van der Waals surface area contributed by atoms with E-state index in [-0.39, 0.29) is 35.5 Å². The van der Waals surface area contributed by atoms with Crippen LogP contribution in [0.4, 0.5) is 8.78 Å². The fourth-order valence-corrected chi connectivity index (χ4v) is 7.66. The van der Waals surface area contributed by atoms with Gasteiger partial charge in [-0.1, -0.05) is 97.1 Å². The normalized spacial score (nSPS) is 12.1. The Labute approximate surface area is 383 Å². The minimum atomic E-state index is -0.282. The highest BCUT2D eigenvalue weighted by atomic mass is 19.1. The predicted octanol–water partition coefficient (Wildman–Crippen LogP) is 7.37. The molecule has 0 aliphatic rings. The SMILES string of the molecule is NCCC[C@H](N)CNC(=O)c1nc2cc(-c3ccc(F)cc3)ccc2n1Cc1ccccc1.NCCC[C@H](N)CNC(=O)c1nc2ccc(-c3ccc(F)cc3)cc2n1Cc1ccccc1. The van der Waals surface area contributed by atoms with E-state index in [0.717, 1.165) is 75.6 Å². The second kappa shape index (κ2) is 22.7. The lowest BCUT2D eigenvalue weighted by Crippen LogP contribution is -2.38. The number of benzene rings is 6. The zero-order valence-corrected chi connectivity index (χ0v) is 36.8. The molecule has 12 nitrogen and oxygen atoms in total. The first-order valence-corrected chi connectivity index (χ1v) is 22.2. The highest BCUT2D eigenvalue weighted by molar-refractivity contribution is 5.97. The molecule has 340 valence electrons. The number of amides is 2. The first-order valence-electron chi connectivity index (χ1n) is 22.2. The van der Waals surface area contributed by atoms with Crippen molar-refractivity contribution in [3.63, 3.8) is 0 Å². The van der Waals surface area contributed by atoms with Crippen LogP contribution >= 0.6 is 0 Å². The molecule has 2 atom stereocenters. The number of carbonyl (C=O) groups excluding carboxylic acids is 2. The number of imidazole rings is 2. The molecule has 0 radical (unpaired) electrons. The molecule has 14 heteroatoms. The second-order valence-corrected chi connectivity index (χ2v) is 16.2. The van der Waals surface area contributed by atoms with E-state index in [1.807, 2.05) is 106 Å². The maximum absolute atomic E-state index is 13.4. The van der Waals surface area contributed by atoms with E-state index < -0.39 is 0 Å². The molecule has 8 aromatic rings. The van der Waals surface area contributed by atoms with Crippen LogP contribution in [0.2, 0.25) is 0 Å². The monoisotopic (exact) mass is 890 g/mol. The lowest BCUT2D eigenvalue weighted by Gasteiger charge is -2.13. The van der Waals surface area contributed by atoms with Gasteiger partial charge < -0.3 is 42.7 Å². The highest BCUT2D eigenvalue weighted by Crippen LogP contribution is 2.28. The standard InChI is InChI=1S/2C26H28FN5O/c27-21-11-8-19(9-12-21)20-10-13-24-23(15-20)31-25(26(33)30-16-22(29)7-4-14-28)32(24)17-18-5-2-1-3-6-18;27-21-11-8-19(9-12-21)20-10-13-23-24(15-20)32(17-18-5-2-1-3-6-18)25(31-23)26(33)30-16-22(29)7-4-14-28/h2*1-3,5-6,8-13,15,22H,4,7,14,16-17,28-29H2,(H,30,33)/t2*22-/m00/s1. The van der Waals surface area contributed by atoms with Gasteiger partial charge in [-0.3, -0.25) is 9.59 Å². The summed E-state index contributed by atoms with van der Waals surface area (Å²) >= 11 is 0. The van der Waals surface area contributed by atoms with Gasteiger partial charge in [0.1, 0.15) is 11.6 Å². The minimum Gasteiger partial charge on any atom is -0.348 e. The summed E-state index contributed by atoms with van der Waals surface area (Å²) in [5.74, 6) is -0.442. The van der Waals surface area contributed by atoms with Crippen LogP contribution in [0.25, 0.3) is 44.3 Å². The summed E-state index contributed by atoms with van der Waals surface area (Å²) in [6.07, 6.45) is 3.13. The fourth-order valence-electron chi connectivity index (χ4n) is 7.66. The Kier molecular flexibility index (Phi) is 16.1. The molecule has 0 aliphatic carbocycles. The topological polar surface area (TPSA) is 198 Å². The first kappa shape index (κ1) is 46.9. The van der Waals surface area contributed by atoms with Crippen LogP contribution in [-0.4, -0.2) is 69.2 Å². The molecule has 6 aromatic carbocycles. The third-order valence-electron chi connectivity index (χ3n) is 11.2. The molecule has 10 N–H and O–H groups in total. The molecule has 0 fully saturated rings. The van der Waals surface area contributed by atoms with Crippen LogP contribution in [-0.2, 0) is 13.1 Å². The Hall–Kier alpha value is -7.10. The number of nitrogens with zero attached hydrogens (tertiary/aromatic N) is 4. The number of nitrogens with two attached hydrogens (primary N) is 4. The average Bonchev–Trinajstić information content (AvgIpc) is 3.89. The van der Waals surface area contributed by atoms with Crippen LogP contribution in [0.15, 0.2) is 146 Å². The summed E-state index contributed by atoms with van der Waals surface area (Å²) in [5, 5.41) is 5.84. The van der Waals surface area contributed by atoms with Crippen molar-refractivity contribution in [3.8, 4) is 22.3 Å². The number of rotatable bonds is 18. The minimum absolute atomic E-state index is 0.158. The van der Waals surface area contributed by atoms with Crippen molar-refractivity contribution in [1.82, 2.24) is 29.7 Å². The van der Waals surface area contributed by atoms with Gasteiger partial charge in [-0.15, -0.1) is 0 Å². The van der Waals surface area contributed by atoms with Gasteiger partial charge in [0.05, 0.1) is 22.1 Å². The van der Waals surface area contributed by atoms with Gasteiger partial charge in [-0.25, -0.2) is 18.7 Å². The molecule has 0 spiro atoms. The number of halogens is 2. The van der Waals surface area contributed by atoms with Crippen LogP contribution in [0.3, 0.4) is 0 Å². The summed E-state index contributed by atoms with van der Waals surface area (Å²) in [5.41, 5.74) is 32.1. The maximum atomic E-state index is 13.4. The van der Waals surface area contributed by atoms with Gasteiger partial charge in [0.15, 0.2) is 11.6 Å². The number of fused-ring (bicyclic) bond motifs is 2. The quantitative estimate of drug-likeness (QED) is 0.0513. The molecule has 0 saturated carbocycles. The Morgan fingerprint density at radius 3 is 1.42 bits per heavy atom. The summed E-state index contributed by atoms with van der Waals surface area (Å²) in [6.45, 7) is 2.86. The Morgan fingerprint density at radius 1 is 0.515 bits per heavy atom. The van der Waals surface area contributed by atoms with Crippen LogP contribution in [0.5, 0.6) is 0 Å². The smallest absolute Gasteiger partial charge is 0.287 e. The molecular formula is C52H56F2N10O2. The molecular weight excluding hydrogens is 835 g/mol. The third kappa shape index (κ3) is 12.2. The van der Waals surface area contributed by atoms with E-state index in [0.29, 0.717) is 56.4 Å². The largest absolute Gasteiger partial charge is 0.348 e. The zero-order valence-electron chi connectivity index (χ0n) is 36.8. The molecule has 2 amide bonds. The molecule has 0 bridgehead atoms. The lowest BCUT2D eigenvalue weighted by molar-refractivity contribution is 0.0929. The Morgan fingerprint density at radius 2 is 0.939 bits per heavy atom. The molecule has 8 rings (SSSR count). The van der Waals surface area contributed by atoms with E-state index in [1.54, 1.807) is 24.3 Å². The second-order valence-electron chi connectivity index (χ2n) is 16.2. The molecule has 0 unspecified atom stereocenters. The van der Waals surface area contributed by atoms with E-state index in [2.05, 4.69) is 20.6 Å². The molecule has 2 aromatic heterocycles. The number of aromatic nitrogens is 4. The first-order chi connectivity index (χ1) is 32.1. The van der Waals surface area contributed by atoms with Gasteiger partial charge in [-0.05, 0) is 121 Å². The van der Waals surface area contributed by atoms with Crippen LogP contribution < -0.4 is 33.6 Å². The molecule has 2 heterocycles. The van der Waals surface area contributed by atoms with Crippen molar-refractivity contribution < 1.29 is 18.4 Å². The highest BCUT2D eigenvalue weighted by Gasteiger charge is 2.21. The van der Waals surface area contributed by atoms with Crippen molar-refractivity contribution in [1.29, 1.82) is 0 Å². The van der Waals surface area contributed by atoms with Crippen LogP contribution in [0, 0.1) is 11.6 Å². The van der Waals surface area contributed by atoms with E-state index in [4.69, 9.17) is 22.9 Å². The molecule has 0 aliphatic heterocycles. The van der Waals surface area contributed by atoms with Crippen molar-refractivity contribution in [2.24, 2.45) is 22.9 Å². The third-order valence-corrected chi connectivity index (χ3v) is 11.2. The summed E-state index contributed by atoms with van der Waals surface area (Å²) in [7, 11) is 0. The van der Waals surface area contributed by atoms with Crippen molar-refractivity contribution >= 4 is 33.9 Å². The van der Waals surface area contributed by atoms with Crippen molar-refractivity contribution in [3.05, 3.63) is 180 Å². The van der Waals surface area contributed by atoms with Crippen molar-refractivity contribution in [2.75, 3.05) is 26.2 Å². The van der Waals surface area contributed by atoms with Gasteiger partial charge >= 0.3 is 0 Å². The van der Waals surface area contributed by atoms with Gasteiger partial charge in [0.25, 0.3) is 11.8 Å². The number of hydrogen-bond acceptors (Lipinski definition) is 8. The summed E-state index contributed by atoms with van der Waals surface area (Å²) < 4.78 is 30.5. The van der Waals surface area contributed by atoms with E-state index in [9.17, 15) is 18.4 Å². The number of hydrogen-bond donors (Lipinski definition) is 6. The fraction of sp³-hybridized carbons (Fsp3) is 0.231. The van der Waals surface area contributed by atoms with E-state index in [1.165, 1.54) is 24.3 Å². The maximum Gasteiger partial charge on any atom is 0.287 e. The molecule has 66 heavy (non-hydrogen) atoms. The average molecular weight is 891 g/mol. The summed E-state index contributed by atoms with van der Waals surface area (Å²) in [6, 6.07) is 43.9. The zero-order chi connectivity index (χ0) is 46.4. The van der Waals surface area contributed by atoms with Gasteiger partial charge in [0, 0.05) is 38.3 Å². The van der Waals surface area contributed by atoms with Crippen LogP contribution in [0.1, 0.15) is 58.0 Å². The lowest BCUT2D eigenvalue weighted by atomic mass is 10.1. The van der Waals surface area contributed by atoms with Crippen molar-refractivity contribution in [2.45, 2.75) is 50.9 Å². The Balaban J connectivity index is 0.000000196. The predicted molar refractivity (Wildman–Crippen MR) is 259 cm³/mol. The van der Waals surface area contributed by atoms with Gasteiger partial charge in [-0.2, -0.15) is 0 Å². The number of nitrogens with one attached hydrogen (secondary N) is 2. The Bertz CT molecular complexity index is 2800. The van der Waals surface area contributed by atoms with E-state index >= 15 is 0 Å². The number of carbonyl (C=O) groups is 2. The summed E-state index contributed by atoms with van der Waals surface area (Å²) in [4.78, 5) is 35.5.